The molecule has 2 fully saturated rings. The quantitative estimate of drug-likeness (QED) is 0.365. The number of hydrogen-bond donors (Lipinski definition) is 2. The van der Waals surface area contributed by atoms with Gasteiger partial charge in [-0.05, 0) is 43.1 Å². The minimum Gasteiger partial charge on any atom is -0.309 e. The molecule has 4 aromatic rings. The van der Waals surface area contributed by atoms with Gasteiger partial charge in [0.2, 0.25) is 5.95 Å². The zero-order valence-electron chi connectivity index (χ0n) is 21.3. The summed E-state index contributed by atoms with van der Waals surface area (Å²) in [7, 11) is 0. The molecule has 0 amide bonds. The van der Waals surface area contributed by atoms with E-state index in [1.54, 1.807) is 0 Å². The van der Waals surface area contributed by atoms with Crippen LogP contribution in [0, 0.1) is 5.82 Å². The monoisotopic (exact) mass is 500 g/mol. The molecule has 1 saturated heterocycles. The molecule has 6 rings (SSSR count). The van der Waals surface area contributed by atoms with E-state index in [1.807, 2.05) is 30.5 Å². The van der Waals surface area contributed by atoms with Crippen molar-refractivity contribution in [1.29, 1.82) is 0 Å². The molecule has 3 aromatic heterocycles. The number of pyridine rings is 1. The predicted octanol–water partition coefficient (Wildman–Crippen LogP) is 5.09. The lowest BCUT2D eigenvalue weighted by atomic mass is 9.99. The number of piperazine rings is 1. The lowest BCUT2D eigenvalue weighted by Gasteiger charge is -2.33. The lowest BCUT2D eigenvalue weighted by Crippen LogP contribution is -2.45. The largest absolute Gasteiger partial charge is 0.309 e. The van der Waals surface area contributed by atoms with Gasteiger partial charge in [-0.3, -0.25) is 10.00 Å². The van der Waals surface area contributed by atoms with Crippen molar-refractivity contribution >= 4 is 22.7 Å². The normalized spacial score (nSPS) is 17.6. The number of halogens is 1. The van der Waals surface area contributed by atoms with Gasteiger partial charge >= 0.3 is 0 Å². The molecule has 2 N–H and O–H groups in total. The van der Waals surface area contributed by atoms with Crippen molar-refractivity contribution in [1.82, 2.24) is 34.9 Å². The first-order valence-electron chi connectivity index (χ1n) is 13.3. The number of likely N-dealkylation sites (N-methyl/N-ethyl adjacent to an activating group) is 1. The molecule has 4 heterocycles. The maximum atomic E-state index is 14.8. The molecule has 8 nitrogen and oxygen atoms in total. The van der Waals surface area contributed by atoms with Gasteiger partial charge in [0.1, 0.15) is 11.5 Å². The molecule has 9 heteroatoms. The fourth-order valence-corrected chi connectivity index (χ4v) is 5.56. The van der Waals surface area contributed by atoms with Crippen LogP contribution in [-0.4, -0.2) is 67.7 Å². The minimum atomic E-state index is -0.456. The molecule has 2 aliphatic rings. The molecule has 0 radical (unpaired) electrons. The first kappa shape index (κ1) is 23.9. The van der Waals surface area contributed by atoms with Gasteiger partial charge in [-0.2, -0.15) is 5.10 Å². The SMILES string of the molecule is CCN1CCN(Cc2ccc(Nc3ncc(F)c(-c4ccc5n[nH]c(C6CCCC6)c5c4)n3)nc2)CC1. The van der Waals surface area contributed by atoms with Crippen LogP contribution < -0.4 is 5.32 Å². The summed E-state index contributed by atoms with van der Waals surface area (Å²) >= 11 is 0. The van der Waals surface area contributed by atoms with Gasteiger partial charge in [-0.25, -0.2) is 19.3 Å². The van der Waals surface area contributed by atoms with Crippen molar-refractivity contribution in [3.05, 3.63) is 59.8 Å². The van der Waals surface area contributed by atoms with Crippen molar-refractivity contribution in [3.63, 3.8) is 0 Å². The minimum absolute atomic E-state index is 0.265. The summed E-state index contributed by atoms with van der Waals surface area (Å²) in [6, 6.07) is 9.79. The van der Waals surface area contributed by atoms with E-state index in [2.05, 4.69) is 53.3 Å². The number of nitrogens with one attached hydrogen (secondary N) is 2. The standard InChI is InChI=1S/C28H33FN8/c1-2-36-11-13-37(14-12-36)18-19-7-10-25(30-16-19)32-28-31-17-23(29)27(33-28)21-8-9-24-22(15-21)26(35-34-24)20-5-3-4-6-20/h7-10,15-17,20H,2-6,11-14,18H2,1H3,(H,34,35)(H,30,31,32,33). The van der Waals surface area contributed by atoms with Crippen molar-refractivity contribution in [2.45, 2.75) is 45.1 Å². The predicted molar refractivity (Wildman–Crippen MR) is 143 cm³/mol. The van der Waals surface area contributed by atoms with Crippen molar-refractivity contribution in [2.75, 3.05) is 38.0 Å². The Kier molecular flexibility index (Phi) is 6.80. The molecule has 0 unspecified atom stereocenters. The number of aromatic amines is 1. The van der Waals surface area contributed by atoms with E-state index < -0.39 is 5.82 Å². The summed E-state index contributed by atoms with van der Waals surface area (Å²) in [5, 5.41) is 11.9. The summed E-state index contributed by atoms with van der Waals surface area (Å²) < 4.78 is 14.8. The van der Waals surface area contributed by atoms with Gasteiger partial charge in [0.15, 0.2) is 5.82 Å². The smallest absolute Gasteiger partial charge is 0.229 e. The van der Waals surface area contributed by atoms with E-state index in [0.717, 1.165) is 55.9 Å². The molecule has 0 spiro atoms. The van der Waals surface area contributed by atoms with Crippen LogP contribution >= 0.6 is 0 Å². The molecule has 1 saturated carbocycles. The van der Waals surface area contributed by atoms with E-state index in [-0.39, 0.29) is 5.69 Å². The number of anilines is 2. The average Bonchev–Trinajstić information content (AvgIpc) is 3.61. The van der Waals surface area contributed by atoms with Crippen molar-refractivity contribution < 1.29 is 4.39 Å². The van der Waals surface area contributed by atoms with Crippen LogP contribution in [0.5, 0.6) is 0 Å². The average molecular weight is 501 g/mol. The van der Waals surface area contributed by atoms with Crippen LogP contribution in [0.4, 0.5) is 16.2 Å². The zero-order valence-corrected chi connectivity index (χ0v) is 21.3. The Morgan fingerprint density at radius 1 is 1.00 bits per heavy atom. The zero-order chi connectivity index (χ0) is 25.2. The third-order valence-corrected chi connectivity index (χ3v) is 7.75. The Morgan fingerprint density at radius 3 is 2.57 bits per heavy atom. The first-order valence-corrected chi connectivity index (χ1v) is 13.3. The Bertz CT molecular complexity index is 1350. The number of nitrogens with zero attached hydrogens (tertiary/aromatic N) is 6. The number of aromatic nitrogens is 5. The summed E-state index contributed by atoms with van der Waals surface area (Å²) in [5.41, 5.74) is 4.19. The Hall–Kier alpha value is -3.43. The third-order valence-electron chi connectivity index (χ3n) is 7.75. The number of H-pyrrole nitrogens is 1. The van der Waals surface area contributed by atoms with Gasteiger partial charge in [0, 0.05) is 61.5 Å². The van der Waals surface area contributed by atoms with Crippen LogP contribution in [0.3, 0.4) is 0 Å². The Balaban J connectivity index is 1.17. The topological polar surface area (TPSA) is 85.9 Å². The first-order chi connectivity index (χ1) is 18.2. The van der Waals surface area contributed by atoms with Gasteiger partial charge in [-0.1, -0.05) is 31.9 Å². The lowest BCUT2D eigenvalue weighted by molar-refractivity contribution is 0.132. The summed E-state index contributed by atoms with van der Waals surface area (Å²) in [6.07, 6.45) is 7.91. The van der Waals surface area contributed by atoms with E-state index in [0.29, 0.717) is 23.2 Å². The Morgan fingerprint density at radius 2 is 1.81 bits per heavy atom. The maximum absolute atomic E-state index is 14.8. The summed E-state index contributed by atoms with van der Waals surface area (Å²) in [4.78, 5) is 18.1. The molecular formula is C28H33FN8. The fraction of sp³-hybridized carbons (Fsp3) is 0.429. The summed E-state index contributed by atoms with van der Waals surface area (Å²) in [6.45, 7) is 8.60. The molecule has 1 aliphatic carbocycles. The third kappa shape index (κ3) is 5.19. The molecule has 192 valence electrons. The second-order valence-corrected chi connectivity index (χ2v) is 10.1. The number of rotatable bonds is 7. The number of fused-ring (bicyclic) bond motifs is 1. The molecule has 1 aliphatic heterocycles. The van der Waals surface area contributed by atoms with Crippen LogP contribution in [0.1, 0.15) is 49.8 Å². The second kappa shape index (κ2) is 10.5. The highest BCUT2D eigenvalue weighted by molar-refractivity contribution is 5.86. The van der Waals surface area contributed by atoms with Crippen LogP contribution in [-0.2, 0) is 6.54 Å². The van der Waals surface area contributed by atoms with E-state index in [4.69, 9.17) is 0 Å². The van der Waals surface area contributed by atoms with Gasteiger partial charge in [-0.15, -0.1) is 0 Å². The summed E-state index contributed by atoms with van der Waals surface area (Å²) in [5.74, 6) is 0.978. The molecule has 1 aromatic carbocycles. The Labute approximate surface area is 216 Å². The maximum Gasteiger partial charge on any atom is 0.229 e. The number of hydrogen-bond acceptors (Lipinski definition) is 7. The molecular weight excluding hydrogens is 467 g/mol. The highest BCUT2D eigenvalue weighted by atomic mass is 19.1. The van der Waals surface area contributed by atoms with Crippen molar-refractivity contribution in [3.8, 4) is 11.3 Å². The molecule has 37 heavy (non-hydrogen) atoms. The van der Waals surface area contributed by atoms with E-state index >= 15 is 0 Å². The van der Waals surface area contributed by atoms with E-state index in [9.17, 15) is 4.39 Å². The molecule has 0 bridgehead atoms. The second-order valence-electron chi connectivity index (χ2n) is 10.1. The van der Waals surface area contributed by atoms with Gasteiger partial charge < -0.3 is 10.2 Å². The van der Waals surface area contributed by atoms with Crippen LogP contribution in [0.2, 0.25) is 0 Å². The van der Waals surface area contributed by atoms with Crippen molar-refractivity contribution in [2.24, 2.45) is 0 Å². The highest BCUT2D eigenvalue weighted by Gasteiger charge is 2.22. The fourth-order valence-electron chi connectivity index (χ4n) is 5.56. The van der Waals surface area contributed by atoms with Crippen LogP contribution in [0.25, 0.3) is 22.2 Å². The van der Waals surface area contributed by atoms with E-state index in [1.165, 1.54) is 37.4 Å². The van der Waals surface area contributed by atoms with Gasteiger partial charge in [0.25, 0.3) is 0 Å². The highest BCUT2D eigenvalue weighted by Crippen LogP contribution is 2.37. The molecule has 0 atom stereocenters. The van der Waals surface area contributed by atoms with Crippen LogP contribution in [0.15, 0.2) is 42.7 Å². The number of benzene rings is 1. The van der Waals surface area contributed by atoms with Gasteiger partial charge in [0.05, 0.1) is 11.7 Å².